The van der Waals surface area contributed by atoms with Crippen LogP contribution in [0.3, 0.4) is 0 Å². The van der Waals surface area contributed by atoms with E-state index in [1.54, 1.807) is 24.3 Å². The van der Waals surface area contributed by atoms with Crippen LogP contribution in [0.25, 0.3) is 0 Å². The molecule has 3 N–H and O–H groups in total. The molecule has 2 fully saturated rings. The quantitative estimate of drug-likeness (QED) is 0.736. The van der Waals surface area contributed by atoms with E-state index in [0.29, 0.717) is 5.56 Å². The molecule has 4 rings (SSSR count). The molecule has 2 aromatic carbocycles. The van der Waals surface area contributed by atoms with E-state index in [4.69, 9.17) is 5.73 Å². The lowest BCUT2D eigenvalue weighted by Gasteiger charge is -2.45. The van der Waals surface area contributed by atoms with Crippen LogP contribution in [0.4, 0.5) is 4.39 Å². The van der Waals surface area contributed by atoms with Crippen LogP contribution < -0.4 is 11.1 Å². The van der Waals surface area contributed by atoms with E-state index in [-0.39, 0.29) is 55.2 Å². The smallest absolute Gasteiger partial charge is 0.254 e. The summed E-state index contributed by atoms with van der Waals surface area (Å²) in [5, 5.41) is 2.73. The van der Waals surface area contributed by atoms with Crippen molar-refractivity contribution >= 4 is 23.6 Å². The van der Waals surface area contributed by atoms with Gasteiger partial charge in [-0.1, -0.05) is 18.2 Å². The molecular weight excluding hydrogens is 403 g/mol. The lowest BCUT2D eigenvalue weighted by atomic mass is 9.98. The van der Waals surface area contributed by atoms with Crippen LogP contribution in [0.5, 0.6) is 0 Å². The molecule has 2 atom stereocenters. The molecule has 0 aliphatic carbocycles. The van der Waals surface area contributed by atoms with E-state index < -0.39 is 18.0 Å². The van der Waals surface area contributed by atoms with Crippen LogP contribution in [0.1, 0.15) is 26.3 Å². The number of fused-ring (bicyclic) bond motifs is 1. The predicted octanol–water partition coefficient (Wildman–Crippen LogP) is 0.319. The first-order valence-electron chi connectivity index (χ1n) is 9.88. The van der Waals surface area contributed by atoms with Crippen LogP contribution >= 0.6 is 0 Å². The second kappa shape index (κ2) is 8.17. The van der Waals surface area contributed by atoms with Crippen LogP contribution in [-0.4, -0.2) is 65.1 Å². The van der Waals surface area contributed by atoms with Gasteiger partial charge in [-0.15, -0.1) is 0 Å². The van der Waals surface area contributed by atoms with Gasteiger partial charge in [0.25, 0.3) is 5.91 Å². The molecule has 2 aromatic rings. The van der Waals surface area contributed by atoms with E-state index in [1.807, 2.05) is 0 Å². The van der Waals surface area contributed by atoms with Crippen LogP contribution in [0, 0.1) is 5.82 Å². The highest BCUT2D eigenvalue weighted by Crippen LogP contribution is 2.20. The van der Waals surface area contributed by atoms with Crippen molar-refractivity contribution in [2.24, 2.45) is 5.73 Å². The van der Waals surface area contributed by atoms with Gasteiger partial charge in [0.2, 0.25) is 17.7 Å². The fourth-order valence-corrected chi connectivity index (χ4v) is 3.97. The number of hydrogen-bond acceptors (Lipinski definition) is 4. The second-order valence-electron chi connectivity index (χ2n) is 7.64. The monoisotopic (exact) mass is 424 g/mol. The Bertz CT molecular complexity index is 1060. The summed E-state index contributed by atoms with van der Waals surface area (Å²) in [7, 11) is 0. The Morgan fingerprint density at radius 3 is 2.48 bits per heavy atom. The summed E-state index contributed by atoms with van der Waals surface area (Å²) in [6.07, 6.45) is 0.261. The number of carbonyl (C=O) groups excluding carboxylic acids is 4. The van der Waals surface area contributed by atoms with E-state index in [1.165, 1.54) is 34.1 Å². The third-order valence-corrected chi connectivity index (χ3v) is 5.62. The average Bonchev–Trinajstić information content (AvgIpc) is 2.78. The van der Waals surface area contributed by atoms with Gasteiger partial charge in [0.1, 0.15) is 17.9 Å². The molecule has 9 heteroatoms. The Hall–Kier alpha value is -3.75. The van der Waals surface area contributed by atoms with Crippen molar-refractivity contribution in [1.82, 2.24) is 15.1 Å². The van der Waals surface area contributed by atoms with Gasteiger partial charge >= 0.3 is 0 Å². The Balaban J connectivity index is 1.46. The highest BCUT2D eigenvalue weighted by Gasteiger charge is 2.44. The summed E-state index contributed by atoms with van der Waals surface area (Å²) in [6.45, 7) is 0.539. The lowest BCUT2D eigenvalue weighted by Crippen LogP contribution is -2.70. The molecular formula is C22H21FN4O4. The highest BCUT2D eigenvalue weighted by molar-refractivity contribution is 6.01. The molecule has 0 aromatic heterocycles. The molecule has 31 heavy (non-hydrogen) atoms. The van der Waals surface area contributed by atoms with Crippen LogP contribution in [0.2, 0.25) is 0 Å². The van der Waals surface area contributed by atoms with Crippen molar-refractivity contribution in [1.29, 1.82) is 0 Å². The lowest BCUT2D eigenvalue weighted by molar-refractivity contribution is -0.152. The Morgan fingerprint density at radius 1 is 1.06 bits per heavy atom. The van der Waals surface area contributed by atoms with Crippen molar-refractivity contribution in [3.05, 3.63) is 71.0 Å². The standard InChI is InChI=1S/C22H21FN4O4/c23-16-6-4-13(5-7-16)10-17-22(31)27-9-8-26(12-18(27)20(29)25-17)21(30)15-3-1-2-14(11-15)19(24)28/h1-7,11,17-18H,8-10,12H2,(H2,24,28)(H,25,29)/t17-,18+/m0/s1. The van der Waals surface area contributed by atoms with Gasteiger partial charge in [-0.25, -0.2) is 4.39 Å². The van der Waals surface area contributed by atoms with Gasteiger partial charge in [0.05, 0.1) is 6.54 Å². The van der Waals surface area contributed by atoms with E-state index in [9.17, 15) is 23.6 Å². The molecule has 8 nitrogen and oxygen atoms in total. The second-order valence-corrected chi connectivity index (χ2v) is 7.64. The van der Waals surface area contributed by atoms with Crippen molar-refractivity contribution in [2.45, 2.75) is 18.5 Å². The molecule has 2 heterocycles. The Labute approximate surface area is 177 Å². The number of nitrogens with zero attached hydrogens (tertiary/aromatic N) is 2. The third-order valence-electron chi connectivity index (χ3n) is 5.62. The maximum atomic E-state index is 13.1. The molecule has 160 valence electrons. The van der Waals surface area contributed by atoms with Crippen LogP contribution in [-0.2, 0) is 16.0 Å². The molecule has 0 saturated carbocycles. The summed E-state index contributed by atoms with van der Waals surface area (Å²) in [6, 6.07) is 10.3. The molecule has 0 unspecified atom stereocenters. The maximum absolute atomic E-state index is 13.1. The zero-order chi connectivity index (χ0) is 22.1. The molecule has 0 radical (unpaired) electrons. The fourth-order valence-electron chi connectivity index (χ4n) is 3.97. The van der Waals surface area contributed by atoms with E-state index in [0.717, 1.165) is 5.56 Å². The predicted molar refractivity (Wildman–Crippen MR) is 108 cm³/mol. The molecule has 2 saturated heterocycles. The van der Waals surface area contributed by atoms with Gasteiger partial charge in [-0.2, -0.15) is 0 Å². The summed E-state index contributed by atoms with van der Waals surface area (Å²) >= 11 is 0. The molecule has 2 aliphatic rings. The summed E-state index contributed by atoms with van der Waals surface area (Å²) < 4.78 is 13.1. The third kappa shape index (κ3) is 4.11. The molecule has 0 spiro atoms. The number of nitrogens with one attached hydrogen (secondary N) is 1. The number of primary amides is 1. The normalized spacial score (nSPS) is 20.8. The van der Waals surface area contributed by atoms with Crippen molar-refractivity contribution in [3.63, 3.8) is 0 Å². The summed E-state index contributed by atoms with van der Waals surface area (Å²) in [5.41, 5.74) is 6.53. The Morgan fingerprint density at radius 2 is 1.77 bits per heavy atom. The van der Waals surface area contributed by atoms with Crippen molar-refractivity contribution in [2.75, 3.05) is 19.6 Å². The van der Waals surface area contributed by atoms with Gasteiger partial charge < -0.3 is 20.9 Å². The minimum Gasteiger partial charge on any atom is -0.366 e. The first-order valence-corrected chi connectivity index (χ1v) is 9.88. The average molecular weight is 424 g/mol. The van der Waals surface area contributed by atoms with Gasteiger partial charge in [0, 0.05) is 30.6 Å². The number of nitrogens with two attached hydrogens (primary N) is 1. The molecule has 0 bridgehead atoms. The highest BCUT2D eigenvalue weighted by atomic mass is 19.1. The number of piperazine rings is 2. The summed E-state index contributed by atoms with van der Waals surface area (Å²) in [4.78, 5) is 52.9. The zero-order valence-electron chi connectivity index (χ0n) is 16.6. The number of hydrogen-bond donors (Lipinski definition) is 2. The number of benzene rings is 2. The zero-order valence-corrected chi connectivity index (χ0v) is 16.6. The van der Waals surface area contributed by atoms with E-state index in [2.05, 4.69) is 5.32 Å². The number of rotatable bonds is 4. The Kier molecular flexibility index (Phi) is 5.41. The van der Waals surface area contributed by atoms with Gasteiger partial charge in [-0.3, -0.25) is 19.2 Å². The summed E-state index contributed by atoms with van der Waals surface area (Å²) in [5.74, 6) is -1.91. The number of halogens is 1. The van der Waals surface area contributed by atoms with Gasteiger partial charge in [-0.05, 0) is 35.9 Å². The minimum atomic E-state index is -0.783. The maximum Gasteiger partial charge on any atom is 0.254 e. The van der Waals surface area contributed by atoms with Gasteiger partial charge in [0.15, 0.2) is 0 Å². The minimum absolute atomic E-state index is 0.0560. The van der Waals surface area contributed by atoms with Crippen molar-refractivity contribution in [3.8, 4) is 0 Å². The van der Waals surface area contributed by atoms with Crippen molar-refractivity contribution < 1.29 is 23.6 Å². The topological polar surface area (TPSA) is 113 Å². The van der Waals surface area contributed by atoms with Crippen LogP contribution in [0.15, 0.2) is 48.5 Å². The first-order chi connectivity index (χ1) is 14.8. The first kappa shape index (κ1) is 20.5. The number of carbonyl (C=O) groups is 4. The molecule has 4 amide bonds. The SMILES string of the molecule is NC(=O)c1cccc(C(=O)N2CCN3C(=O)[C@H](Cc4ccc(F)cc4)NC(=O)[C@H]3C2)c1. The largest absolute Gasteiger partial charge is 0.366 e. The van der Waals surface area contributed by atoms with E-state index >= 15 is 0 Å². The number of amides is 4. The molecule has 2 aliphatic heterocycles. The fraction of sp³-hybridized carbons (Fsp3) is 0.273.